The van der Waals surface area contributed by atoms with E-state index in [2.05, 4.69) is 22.4 Å². The van der Waals surface area contributed by atoms with E-state index in [1.807, 2.05) is 30.3 Å². The Labute approximate surface area is 137 Å². The summed E-state index contributed by atoms with van der Waals surface area (Å²) in [5.41, 5.74) is 0.691. The molecule has 0 unspecified atom stereocenters. The van der Waals surface area contributed by atoms with Crippen LogP contribution in [0.2, 0.25) is 0 Å². The van der Waals surface area contributed by atoms with Crippen molar-refractivity contribution in [3.63, 3.8) is 0 Å². The summed E-state index contributed by atoms with van der Waals surface area (Å²) in [6, 6.07) is 13.8. The molecule has 1 aromatic rings. The van der Waals surface area contributed by atoms with Crippen LogP contribution >= 0.6 is 0 Å². The first-order valence-electron chi connectivity index (χ1n) is 8.07. The molecule has 1 atom stereocenters. The van der Waals surface area contributed by atoms with Crippen molar-refractivity contribution in [3.05, 3.63) is 35.9 Å². The predicted octanol–water partition coefficient (Wildman–Crippen LogP) is 2.32. The molecule has 0 spiro atoms. The van der Waals surface area contributed by atoms with Gasteiger partial charge in [0, 0.05) is 37.7 Å². The Balaban J connectivity index is 1.75. The maximum absolute atomic E-state index is 12.1. The van der Waals surface area contributed by atoms with Gasteiger partial charge in [-0.2, -0.15) is 10.5 Å². The van der Waals surface area contributed by atoms with Gasteiger partial charge in [-0.15, -0.1) is 0 Å². The molecule has 1 amide bonds. The van der Waals surface area contributed by atoms with Crippen LogP contribution in [0.15, 0.2) is 30.3 Å². The number of hydrogen-bond acceptors (Lipinski definition) is 4. The van der Waals surface area contributed by atoms with Gasteiger partial charge in [0.15, 0.2) is 0 Å². The van der Waals surface area contributed by atoms with Crippen LogP contribution in [0.5, 0.6) is 0 Å². The van der Waals surface area contributed by atoms with Crippen LogP contribution in [0.3, 0.4) is 0 Å². The van der Waals surface area contributed by atoms with Gasteiger partial charge in [0.25, 0.3) is 5.91 Å². The summed E-state index contributed by atoms with van der Waals surface area (Å²) in [7, 11) is 0. The molecule has 1 fully saturated rings. The summed E-state index contributed by atoms with van der Waals surface area (Å²) >= 11 is 0. The van der Waals surface area contributed by atoms with Crippen molar-refractivity contribution in [1.29, 1.82) is 10.5 Å². The third-order valence-electron chi connectivity index (χ3n) is 4.22. The molecule has 0 bridgehead atoms. The third-order valence-corrected chi connectivity index (χ3v) is 4.22. The Hall–Kier alpha value is -2.37. The van der Waals surface area contributed by atoms with Crippen LogP contribution in [-0.4, -0.2) is 36.5 Å². The summed E-state index contributed by atoms with van der Waals surface area (Å²) in [6.45, 7) is 2.48. The van der Waals surface area contributed by atoms with Crippen LogP contribution in [0.1, 0.15) is 36.0 Å². The van der Waals surface area contributed by atoms with Crippen molar-refractivity contribution in [3.8, 4) is 12.1 Å². The Morgan fingerprint density at radius 2 is 1.96 bits per heavy atom. The average Bonchev–Trinajstić information content (AvgIpc) is 2.60. The molecule has 1 aliphatic rings. The summed E-state index contributed by atoms with van der Waals surface area (Å²) in [5, 5.41) is 20.8. The summed E-state index contributed by atoms with van der Waals surface area (Å²) < 4.78 is 0. The molecule has 1 heterocycles. The predicted molar refractivity (Wildman–Crippen MR) is 87.3 cm³/mol. The molecule has 1 aliphatic heterocycles. The number of piperidine rings is 1. The summed E-state index contributed by atoms with van der Waals surface area (Å²) in [5.74, 6) is -0.0990. The van der Waals surface area contributed by atoms with E-state index in [1.54, 1.807) is 0 Å². The molecule has 0 aliphatic carbocycles. The maximum Gasteiger partial charge on any atom is 0.251 e. The topological polar surface area (TPSA) is 79.9 Å². The summed E-state index contributed by atoms with van der Waals surface area (Å²) in [4.78, 5) is 14.4. The van der Waals surface area contributed by atoms with Crippen LogP contribution in [-0.2, 0) is 0 Å². The Morgan fingerprint density at radius 1 is 1.26 bits per heavy atom. The Bertz CT molecular complexity index is 579. The van der Waals surface area contributed by atoms with Gasteiger partial charge in [0.2, 0.25) is 0 Å². The van der Waals surface area contributed by atoms with E-state index in [0.717, 1.165) is 32.5 Å². The van der Waals surface area contributed by atoms with Crippen molar-refractivity contribution >= 4 is 5.91 Å². The zero-order valence-corrected chi connectivity index (χ0v) is 13.2. The van der Waals surface area contributed by atoms with Gasteiger partial charge < -0.3 is 10.2 Å². The van der Waals surface area contributed by atoms with E-state index in [0.29, 0.717) is 18.4 Å². The van der Waals surface area contributed by atoms with Crippen molar-refractivity contribution in [2.24, 2.45) is 5.92 Å². The van der Waals surface area contributed by atoms with Crippen LogP contribution in [0, 0.1) is 28.6 Å². The highest BCUT2D eigenvalue weighted by Gasteiger charge is 2.23. The minimum Gasteiger partial charge on any atom is -0.349 e. The third kappa shape index (κ3) is 5.39. The second-order valence-electron chi connectivity index (χ2n) is 5.94. The van der Waals surface area contributed by atoms with Gasteiger partial charge >= 0.3 is 0 Å². The number of nitrogens with zero attached hydrogens (tertiary/aromatic N) is 3. The molecule has 23 heavy (non-hydrogen) atoms. The zero-order chi connectivity index (χ0) is 16.5. The molecular formula is C18H22N4O. The van der Waals surface area contributed by atoms with Crippen molar-refractivity contribution in [2.45, 2.75) is 31.7 Å². The lowest BCUT2D eigenvalue weighted by molar-refractivity contribution is 0.0908. The fourth-order valence-electron chi connectivity index (χ4n) is 2.87. The quantitative estimate of drug-likeness (QED) is 0.874. The van der Waals surface area contributed by atoms with Gasteiger partial charge in [-0.3, -0.25) is 4.79 Å². The van der Waals surface area contributed by atoms with Gasteiger partial charge in [0.1, 0.15) is 0 Å². The number of amides is 1. The number of rotatable bonds is 6. The standard InChI is InChI=1S/C18H22N4O/c19-10-4-5-15(13-20)14-22-11-8-17(9-12-22)21-18(23)16-6-2-1-3-7-16/h1-3,6-7,15,17H,4-5,8-9,11-12,14H2,(H,21,23)/t15-/m1/s1. The Kier molecular flexibility index (Phi) is 6.59. The van der Waals surface area contributed by atoms with Crippen LogP contribution in [0.25, 0.3) is 0 Å². The molecule has 1 saturated heterocycles. The molecule has 0 saturated carbocycles. The van der Waals surface area contributed by atoms with E-state index < -0.39 is 0 Å². The fraction of sp³-hybridized carbons (Fsp3) is 0.500. The highest BCUT2D eigenvalue weighted by atomic mass is 16.1. The molecule has 5 heteroatoms. The van der Waals surface area contributed by atoms with Gasteiger partial charge in [-0.05, 0) is 31.4 Å². The number of carbonyl (C=O) groups excluding carboxylic acids is 1. The largest absolute Gasteiger partial charge is 0.349 e. The molecule has 1 aromatic carbocycles. The number of nitrogens with one attached hydrogen (secondary N) is 1. The number of hydrogen-bond donors (Lipinski definition) is 1. The summed E-state index contributed by atoms with van der Waals surface area (Å²) in [6.07, 6.45) is 2.86. The number of nitriles is 2. The maximum atomic E-state index is 12.1. The molecule has 1 N–H and O–H groups in total. The number of benzene rings is 1. The SMILES string of the molecule is N#CCC[C@H](C#N)CN1CCC(NC(=O)c2ccccc2)CC1. The monoisotopic (exact) mass is 310 g/mol. The van der Waals surface area contributed by atoms with E-state index in [9.17, 15) is 4.79 Å². The van der Waals surface area contributed by atoms with Crippen molar-refractivity contribution < 1.29 is 4.79 Å². The lowest BCUT2D eigenvalue weighted by Gasteiger charge is -2.33. The lowest BCUT2D eigenvalue weighted by atomic mass is 10.0. The molecule has 120 valence electrons. The zero-order valence-electron chi connectivity index (χ0n) is 13.2. The van der Waals surface area contributed by atoms with E-state index in [4.69, 9.17) is 10.5 Å². The first-order chi connectivity index (χ1) is 11.2. The van der Waals surface area contributed by atoms with Crippen molar-refractivity contribution in [1.82, 2.24) is 10.2 Å². The minimum absolute atomic E-state index is 0.0204. The smallest absolute Gasteiger partial charge is 0.251 e. The first kappa shape index (κ1) is 17.0. The second-order valence-corrected chi connectivity index (χ2v) is 5.94. The first-order valence-corrected chi connectivity index (χ1v) is 8.07. The van der Waals surface area contributed by atoms with Gasteiger partial charge in [0.05, 0.1) is 18.1 Å². The Morgan fingerprint density at radius 3 is 2.57 bits per heavy atom. The highest BCUT2D eigenvalue weighted by molar-refractivity contribution is 5.94. The van der Waals surface area contributed by atoms with E-state index >= 15 is 0 Å². The normalized spacial score (nSPS) is 17.0. The molecule has 0 aromatic heterocycles. The lowest BCUT2D eigenvalue weighted by Crippen LogP contribution is -2.45. The number of likely N-dealkylation sites (tertiary alicyclic amines) is 1. The van der Waals surface area contributed by atoms with Crippen LogP contribution < -0.4 is 5.32 Å². The fourth-order valence-corrected chi connectivity index (χ4v) is 2.87. The van der Waals surface area contributed by atoms with Gasteiger partial charge in [-0.1, -0.05) is 18.2 Å². The van der Waals surface area contributed by atoms with Crippen LogP contribution in [0.4, 0.5) is 0 Å². The van der Waals surface area contributed by atoms with E-state index in [-0.39, 0.29) is 17.9 Å². The molecular weight excluding hydrogens is 288 g/mol. The minimum atomic E-state index is -0.0786. The molecule has 0 radical (unpaired) electrons. The van der Waals surface area contributed by atoms with Crippen molar-refractivity contribution in [2.75, 3.05) is 19.6 Å². The van der Waals surface area contributed by atoms with E-state index in [1.165, 1.54) is 0 Å². The molecule has 2 rings (SSSR count). The highest BCUT2D eigenvalue weighted by Crippen LogP contribution is 2.15. The van der Waals surface area contributed by atoms with Gasteiger partial charge in [-0.25, -0.2) is 0 Å². The molecule has 5 nitrogen and oxygen atoms in total. The number of carbonyl (C=O) groups is 1. The average molecular weight is 310 g/mol. The second kappa shape index (κ2) is 8.92.